The number of nitrogens with one attached hydrogen (secondary N) is 1. The first kappa shape index (κ1) is 15.2. The number of hydrogen-bond acceptors (Lipinski definition) is 3. The number of aryl methyl sites for hydroxylation is 1. The largest absolute Gasteiger partial charge is 0.497 e. The van der Waals surface area contributed by atoms with E-state index in [0.717, 1.165) is 34.3 Å². The molecule has 0 saturated carbocycles. The number of benzene rings is 2. The number of carbonyl (C=O) groups is 1. The number of methoxy groups -OCH3 is 1. The molecule has 1 aromatic heterocycles. The Hall–Kier alpha value is -2.75. The quantitative estimate of drug-likeness (QED) is 0.781. The second kappa shape index (κ2) is 6.57. The summed E-state index contributed by atoms with van der Waals surface area (Å²) in [5.41, 5.74) is 2.96. The maximum absolute atomic E-state index is 12.2. The summed E-state index contributed by atoms with van der Waals surface area (Å²) in [7, 11) is 1.64. The predicted molar refractivity (Wildman–Crippen MR) is 90.0 cm³/mol. The highest BCUT2D eigenvalue weighted by molar-refractivity contribution is 5.96. The Labute approximate surface area is 135 Å². The third-order valence-corrected chi connectivity index (χ3v) is 3.73. The minimum Gasteiger partial charge on any atom is -0.497 e. The second-order valence-corrected chi connectivity index (χ2v) is 5.51. The van der Waals surface area contributed by atoms with Gasteiger partial charge in [0.25, 0.3) is 5.91 Å². The fourth-order valence-electron chi connectivity index (χ4n) is 2.49. The summed E-state index contributed by atoms with van der Waals surface area (Å²) in [6, 6.07) is 15.5. The van der Waals surface area contributed by atoms with Gasteiger partial charge in [-0.2, -0.15) is 0 Å². The van der Waals surface area contributed by atoms with Crippen molar-refractivity contribution in [2.24, 2.45) is 0 Å². The zero-order valence-electron chi connectivity index (χ0n) is 13.3. The second-order valence-electron chi connectivity index (χ2n) is 5.51. The summed E-state index contributed by atoms with van der Waals surface area (Å²) in [5.74, 6) is 0.972. The SMILES string of the molecule is COc1cccc(CCNC(=O)c2cc3ccc(C)cc3o2)c1. The predicted octanol–water partition coefficient (Wildman–Crippen LogP) is 3.72. The van der Waals surface area contributed by atoms with Crippen LogP contribution < -0.4 is 10.1 Å². The van der Waals surface area contributed by atoms with Crippen molar-refractivity contribution in [3.05, 3.63) is 65.4 Å². The lowest BCUT2D eigenvalue weighted by Crippen LogP contribution is -2.25. The van der Waals surface area contributed by atoms with Crippen molar-refractivity contribution < 1.29 is 13.9 Å². The van der Waals surface area contributed by atoms with Gasteiger partial charge < -0.3 is 14.5 Å². The Bertz CT molecular complexity index is 836. The zero-order valence-corrected chi connectivity index (χ0v) is 13.3. The minimum absolute atomic E-state index is 0.193. The first-order valence-electron chi connectivity index (χ1n) is 7.57. The van der Waals surface area contributed by atoms with E-state index in [-0.39, 0.29) is 5.91 Å². The van der Waals surface area contributed by atoms with Crippen molar-refractivity contribution in [3.63, 3.8) is 0 Å². The van der Waals surface area contributed by atoms with Crippen molar-refractivity contribution in [1.82, 2.24) is 5.32 Å². The van der Waals surface area contributed by atoms with E-state index in [1.54, 1.807) is 13.2 Å². The number of amides is 1. The first-order chi connectivity index (χ1) is 11.2. The molecule has 0 unspecified atom stereocenters. The van der Waals surface area contributed by atoms with Crippen LogP contribution in [0.5, 0.6) is 5.75 Å². The van der Waals surface area contributed by atoms with Crippen LogP contribution in [0.2, 0.25) is 0 Å². The molecule has 0 saturated heterocycles. The number of rotatable bonds is 5. The third kappa shape index (κ3) is 3.54. The topological polar surface area (TPSA) is 51.5 Å². The van der Waals surface area contributed by atoms with E-state index in [1.807, 2.05) is 49.4 Å². The summed E-state index contributed by atoms with van der Waals surface area (Å²) >= 11 is 0. The van der Waals surface area contributed by atoms with Crippen LogP contribution in [0, 0.1) is 6.92 Å². The lowest BCUT2D eigenvalue weighted by atomic mass is 10.1. The summed E-state index contributed by atoms with van der Waals surface area (Å²) in [6.45, 7) is 2.54. The molecule has 0 bridgehead atoms. The van der Waals surface area contributed by atoms with Crippen LogP contribution in [0.25, 0.3) is 11.0 Å². The molecule has 0 fully saturated rings. The standard InChI is InChI=1S/C19H19NO3/c1-13-6-7-15-12-18(23-17(15)10-13)19(21)20-9-8-14-4-3-5-16(11-14)22-2/h3-7,10-12H,8-9H2,1-2H3,(H,20,21). The summed E-state index contributed by atoms with van der Waals surface area (Å²) in [6.07, 6.45) is 0.738. The van der Waals surface area contributed by atoms with E-state index in [4.69, 9.17) is 9.15 Å². The fraction of sp³-hybridized carbons (Fsp3) is 0.211. The molecule has 0 spiro atoms. The average molecular weight is 309 g/mol. The molecule has 0 radical (unpaired) electrons. The van der Waals surface area contributed by atoms with Crippen molar-refractivity contribution in [1.29, 1.82) is 0 Å². The van der Waals surface area contributed by atoms with Gasteiger partial charge >= 0.3 is 0 Å². The van der Waals surface area contributed by atoms with E-state index >= 15 is 0 Å². The zero-order chi connectivity index (χ0) is 16.2. The number of ether oxygens (including phenoxy) is 1. The maximum atomic E-state index is 12.2. The molecule has 0 aliphatic heterocycles. The molecule has 1 N–H and O–H groups in total. The van der Waals surface area contributed by atoms with Crippen LogP contribution in [0.1, 0.15) is 21.7 Å². The van der Waals surface area contributed by atoms with Crippen molar-refractivity contribution in [3.8, 4) is 5.75 Å². The Morgan fingerprint density at radius 2 is 2.04 bits per heavy atom. The van der Waals surface area contributed by atoms with E-state index in [0.29, 0.717) is 12.3 Å². The van der Waals surface area contributed by atoms with Gasteiger partial charge in [0.1, 0.15) is 11.3 Å². The summed E-state index contributed by atoms with van der Waals surface area (Å²) in [4.78, 5) is 12.2. The first-order valence-corrected chi connectivity index (χ1v) is 7.57. The van der Waals surface area contributed by atoms with Gasteiger partial charge in [-0.25, -0.2) is 0 Å². The van der Waals surface area contributed by atoms with Crippen LogP contribution in [-0.2, 0) is 6.42 Å². The molecular formula is C19H19NO3. The molecule has 118 valence electrons. The summed E-state index contributed by atoms with van der Waals surface area (Å²) in [5, 5.41) is 3.83. The van der Waals surface area contributed by atoms with Crippen molar-refractivity contribution in [2.45, 2.75) is 13.3 Å². The number of fused-ring (bicyclic) bond motifs is 1. The lowest BCUT2D eigenvalue weighted by molar-refractivity contribution is 0.0928. The molecule has 23 heavy (non-hydrogen) atoms. The van der Waals surface area contributed by atoms with Gasteiger partial charge in [-0.05, 0) is 48.7 Å². The molecule has 0 atom stereocenters. The highest BCUT2D eigenvalue weighted by Crippen LogP contribution is 2.20. The van der Waals surface area contributed by atoms with Crippen LogP contribution in [0.15, 0.2) is 52.9 Å². The van der Waals surface area contributed by atoms with E-state index < -0.39 is 0 Å². The fourth-order valence-corrected chi connectivity index (χ4v) is 2.49. The van der Waals surface area contributed by atoms with Crippen LogP contribution >= 0.6 is 0 Å². The number of carbonyl (C=O) groups excluding carboxylic acids is 1. The molecule has 4 nitrogen and oxygen atoms in total. The van der Waals surface area contributed by atoms with Gasteiger partial charge in [0.05, 0.1) is 7.11 Å². The van der Waals surface area contributed by atoms with Gasteiger partial charge in [0.2, 0.25) is 0 Å². The van der Waals surface area contributed by atoms with E-state index in [2.05, 4.69) is 5.32 Å². The molecule has 1 amide bonds. The van der Waals surface area contributed by atoms with Gasteiger partial charge in [0, 0.05) is 11.9 Å². The molecule has 2 aromatic carbocycles. The van der Waals surface area contributed by atoms with Gasteiger partial charge in [-0.15, -0.1) is 0 Å². The van der Waals surface area contributed by atoms with Gasteiger partial charge in [0.15, 0.2) is 5.76 Å². The van der Waals surface area contributed by atoms with Crippen molar-refractivity contribution in [2.75, 3.05) is 13.7 Å². The molecular weight excluding hydrogens is 290 g/mol. The van der Waals surface area contributed by atoms with Crippen LogP contribution in [0.4, 0.5) is 0 Å². The molecule has 3 aromatic rings. The molecule has 4 heteroatoms. The van der Waals surface area contributed by atoms with Gasteiger partial charge in [-0.3, -0.25) is 4.79 Å². The Morgan fingerprint density at radius 3 is 2.87 bits per heavy atom. The number of hydrogen-bond donors (Lipinski definition) is 1. The smallest absolute Gasteiger partial charge is 0.287 e. The Morgan fingerprint density at radius 1 is 1.17 bits per heavy atom. The Balaban J connectivity index is 1.61. The van der Waals surface area contributed by atoms with Crippen LogP contribution in [0.3, 0.4) is 0 Å². The highest BCUT2D eigenvalue weighted by Gasteiger charge is 2.11. The molecule has 0 aliphatic carbocycles. The van der Waals surface area contributed by atoms with E-state index in [1.165, 1.54) is 0 Å². The van der Waals surface area contributed by atoms with Crippen molar-refractivity contribution >= 4 is 16.9 Å². The molecule has 3 rings (SSSR count). The Kier molecular flexibility index (Phi) is 4.33. The normalized spacial score (nSPS) is 10.7. The molecule has 1 heterocycles. The number of furan rings is 1. The van der Waals surface area contributed by atoms with E-state index in [9.17, 15) is 4.79 Å². The maximum Gasteiger partial charge on any atom is 0.287 e. The highest BCUT2D eigenvalue weighted by atomic mass is 16.5. The lowest BCUT2D eigenvalue weighted by Gasteiger charge is -2.05. The third-order valence-electron chi connectivity index (χ3n) is 3.73. The average Bonchev–Trinajstić information content (AvgIpc) is 2.98. The van der Waals surface area contributed by atoms with Crippen LogP contribution in [-0.4, -0.2) is 19.6 Å². The molecule has 0 aliphatic rings. The summed E-state index contributed by atoms with van der Waals surface area (Å²) < 4.78 is 10.8. The monoisotopic (exact) mass is 309 g/mol. The van der Waals surface area contributed by atoms with Gasteiger partial charge in [-0.1, -0.05) is 24.3 Å². The minimum atomic E-state index is -0.193.